The molecule has 3 nitrogen and oxygen atoms in total. The number of rotatable bonds is 7. The molecule has 0 radical (unpaired) electrons. The standard InChI is InChI=1S/C15H21NO2/c1-4-5-10-16-15(17)14-8-6-13(7-9-14)11-18-12(2)3/h4,6-9,12H,1,5,10-11H2,2-3H3,(H,16,17). The predicted molar refractivity (Wildman–Crippen MR) is 73.5 cm³/mol. The van der Waals surface area contributed by atoms with Crippen molar-refractivity contribution in [1.82, 2.24) is 5.32 Å². The number of hydrogen-bond donors (Lipinski definition) is 1. The first kappa shape index (κ1) is 14.5. The van der Waals surface area contributed by atoms with Crippen LogP contribution >= 0.6 is 0 Å². The van der Waals surface area contributed by atoms with E-state index in [1.165, 1.54) is 0 Å². The van der Waals surface area contributed by atoms with Gasteiger partial charge in [-0.25, -0.2) is 0 Å². The van der Waals surface area contributed by atoms with Crippen molar-refractivity contribution in [3.63, 3.8) is 0 Å². The van der Waals surface area contributed by atoms with Gasteiger partial charge < -0.3 is 10.1 Å². The van der Waals surface area contributed by atoms with E-state index >= 15 is 0 Å². The Morgan fingerprint density at radius 2 is 2.06 bits per heavy atom. The summed E-state index contributed by atoms with van der Waals surface area (Å²) < 4.78 is 5.50. The lowest BCUT2D eigenvalue weighted by atomic mass is 10.1. The Hall–Kier alpha value is -1.61. The highest BCUT2D eigenvalue weighted by Crippen LogP contribution is 2.07. The largest absolute Gasteiger partial charge is 0.374 e. The Labute approximate surface area is 109 Å². The molecule has 1 aromatic rings. The zero-order valence-electron chi connectivity index (χ0n) is 11.1. The van der Waals surface area contributed by atoms with Gasteiger partial charge in [0.25, 0.3) is 5.91 Å². The van der Waals surface area contributed by atoms with Crippen molar-refractivity contribution in [2.75, 3.05) is 6.54 Å². The zero-order chi connectivity index (χ0) is 13.4. The fraction of sp³-hybridized carbons (Fsp3) is 0.400. The van der Waals surface area contributed by atoms with E-state index in [0.29, 0.717) is 18.7 Å². The molecule has 1 N–H and O–H groups in total. The molecule has 1 aromatic carbocycles. The number of hydrogen-bond acceptors (Lipinski definition) is 2. The minimum absolute atomic E-state index is 0.0480. The molecule has 0 aliphatic carbocycles. The molecule has 3 heteroatoms. The van der Waals surface area contributed by atoms with Gasteiger partial charge in [-0.05, 0) is 38.0 Å². The Kier molecular flexibility index (Phi) is 6.15. The average Bonchev–Trinajstić information content (AvgIpc) is 2.37. The average molecular weight is 247 g/mol. The molecule has 0 saturated carbocycles. The highest BCUT2D eigenvalue weighted by Gasteiger charge is 2.04. The smallest absolute Gasteiger partial charge is 0.251 e. The third-order valence-electron chi connectivity index (χ3n) is 2.43. The summed E-state index contributed by atoms with van der Waals surface area (Å²) in [4.78, 5) is 11.7. The van der Waals surface area contributed by atoms with E-state index in [0.717, 1.165) is 12.0 Å². The second kappa shape index (κ2) is 7.67. The molecule has 0 spiro atoms. The highest BCUT2D eigenvalue weighted by atomic mass is 16.5. The van der Waals surface area contributed by atoms with Gasteiger partial charge in [0.1, 0.15) is 0 Å². The summed E-state index contributed by atoms with van der Waals surface area (Å²) in [5.74, 6) is -0.0480. The molecule has 0 saturated heterocycles. The molecule has 0 unspecified atom stereocenters. The molecule has 98 valence electrons. The number of carbonyl (C=O) groups excluding carboxylic acids is 1. The fourth-order valence-electron chi connectivity index (χ4n) is 1.41. The minimum Gasteiger partial charge on any atom is -0.374 e. The van der Waals surface area contributed by atoms with Crippen molar-refractivity contribution in [2.45, 2.75) is 33.0 Å². The summed E-state index contributed by atoms with van der Waals surface area (Å²) >= 11 is 0. The second-order valence-corrected chi connectivity index (χ2v) is 4.39. The summed E-state index contributed by atoms with van der Waals surface area (Å²) in [5, 5.41) is 2.83. The molecule has 0 aliphatic rings. The molecular weight excluding hydrogens is 226 g/mol. The number of benzene rings is 1. The summed E-state index contributed by atoms with van der Waals surface area (Å²) in [6.45, 7) is 8.82. The second-order valence-electron chi connectivity index (χ2n) is 4.39. The van der Waals surface area contributed by atoms with Crippen LogP contribution in [-0.2, 0) is 11.3 Å². The van der Waals surface area contributed by atoms with E-state index in [-0.39, 0.29) is 12.0 Å². The molecule has 0 heterocycles. The summed E-state index contributed by atoms with van der Waals surface area (Å²) in [6.07, 6.45) is 2.78. The molecule has 0 atom stereocenters. The third kappa shape index (κ3) is 5.15. The van der Waals surface area contributed by atoms with Crippen molar-refractivity contribution < 1.29 is 9.53 Å². The van der Waals surface area contributed by atoms with Crippen molar-refractivity contribution in [3.05, 3.63) is 48.0 Å². The summed E-state index contributed by atoms with van der Waals surface area (Å²) in [5.41, 5.74) is 1.75. The monoisotopic (exact) mass is 247 g/mol. The van der Waals surface area contributed by atoms with Crippen LogP contribution in [0.3, 0.4) is 0 Å². The third-order valence-corrected chi connectivity index (χ3v) is 2.43. The SMILES string of the molecule is C=CCCNC(=O)c1ccc(COC(C)C)cc1. The Morgan fingerprint density at radius 3 is 2.61 bits per heavy atom. The van der Waals surface area contributed by atoms with Gasteiger partial charge in [0.05, 0.1) is 12.7 Å². The van der Waals surface area contributed by atoms with Crippen LogP contribution in [0.4, 0.5) is 0 Å². The number of amides is 1. The first-order chi connectivity index (χ1) is 8.63. The van der Waals surface area contributed by atoms with Crippen LogP contribution in [0.15, 0.2) is 36.9 Å². The van der Waals surface area contributed by atoms with Gasteiger partial charge in [0.15, 0.2) is 0 Å². The van der Waals surface area contributed by atoms with E-state index in [9.17, 15) is 4.79 Å². The topological polar surface area (TPSA) is 38.3 Å². The van der Waals surface area contributed by atoms with Crippen LogP contribution < -0.4 is 5.32 Å². The van der Waals surface area contributed by atoms with Gasteiger partial charge in [-0.15, -0.1) is 6.58 Å². The first-order valence-electron chi connectivity index (χ1n) is 6.23. The Morgan fingerprint density at radius 1 is 1.39 bits per heavy atom. The van der Waals surface area contributed by atoms with Crippen molar-refractivity contribution in [3.8, 4) is 0 Å². The number of carbonyl (C=O) groups is 1. The van der Waals surface area contributed by atoms with Crippen LogP contribution in [0.25, 0.3) is 0 Å². The first-order valence-corrected chi connectivity index (χ1v) is 6.23. The van der Waals surface area contributed by atoms with Crippen molar-refractivity contribution in [2.24, 2.45) is 0 Å². The molecule has 0 aromatic heterocycles. The molecule has 1 rings (SSSR count). The molecule has 0 aliphatic heterocycles. The zero-order valence-corrected chi connectivity index (χ0v) is 11.1. The van der Waals surface area contributed by atoms with E-state index in [1.807, 2.05) is 38.1 Å². The fourth-order valence-corrected chi connectivity index (χ4v) is 1.41. The maximum Gasteiger partial charge on any atom is 0.251 e. The lowest BCUT2D eigenvalue weighted by Gasteiger charge is -2.08. The normalized spacial score (nSPS) is 10.4. The summed E-state index contributed by atoms with van der Waals surface area (Å²) in [6, 6.07) is 7.49. The van der Waals surface area contributed by atoms with Crippen molar-refractivity contribution in [1.29, 1.82) is 0 Å². The summed E-state index contributed by atoms with van der Waals surface area (Å²) in [7, 11) is 0. The van der Waals surface area contributed by atoms with Crippen LogP contribution in [0, 0.1) is 0 Å². The van der Waals surface area contributed by atoms with Gasteiger partial charge in [-0.1, -0.05) is 18.2 Å². The number of nitrogens with one attached hydrogen (secondary N) is 1. The van der Waals surface area contributed by atoms with Gasteiger partial charge >= 0.3 is 0 Å². The van der Waals surface area contributed by atoms with Gasteiger partial charge in [-0.3, -0.25) is 4.79 Å². The van der Waals surface area contributed by atoms with E-state index in [2.05, 4.69) is 11.9 Å². The maximum absolute atomic E-state index is 11.7. The van der Waals surface area contributed by atoms with Gasteiger partial charge in [0, 0.05) is 12.1 Å². The van der Waals surface area contributed by atoms with E-state index in [1.54, 1.807) is 6.08 Å². The van der Waals surface area contributed by atoms with Gasteiger partial charge in [0.2, 0.25) is 0 Å². The maximum atomic E-state index is 11.7. The molecular formula is C15H21NO2. The minimum atomic E-state index is -0.0480. The van der Waals surface area contributed by atoms with Crippen LogP contribution in [0.1, 0.15) is 36.2 Å². The molecule has 0 fully saturated rings. The molecule has 0 bridgehead atoms. The highest BCUT2D eigenvalue weighted by molar-refractivity contribution is 5.94. The van der Waals surface area contributed by atoms with Gasteiger partial charge in [-0.2, -0.15) is 0 Å². The van der Waals surface area contributed by atoms with Crippen molar-refractivity contribution >= 4 is 5.91 Å². The lowest BCUT2D eigenvalue weighted by Crippen LogP contribution is -2.24. The van der Waals surface area contributed by atoms with E-state index < -0.39 is 0 Å². The molecule has 1 amide bonds. The quantitative estimate of drug-likeness (QED) is 0.594. The predicted octanol–water partition coefficient (Wildman–Crippen LogP) is 2.92. The Balaban J connectivity index is 2.48. The van der Waals surface area contributed by atoms with Crippen LogP contribution in [-0.4, -0.2) is 18.6 Å². The van der Waals surface area contributed by atoms with Crippen LogP contribution in [0.2, 0.25) is 0 Å². The molecule has 18 heavy (non-hydrogen) atoms. The van der Waals surface area contributed by atoms with Crippen LogP contribution in [0.5, 0.6) is 0 Å². The van der Waals surface area contributed by atoms with E-state index in [4.69, 9.17) is 4.74 Å². The lowest BCUT2D eigenvalue weighted by molar-refractivity contribution is 0.0657. The number of ether oxygens (including phenoxy) is 1. The Bertz CT molecular complexity index is 382.